The normalized spacial score (nSPS) is 53.9. The van der Waals surface area contributed by atoms with E-state index >= 15 is 0 Å². The van der Waals surface area contributed by atoms with E-state index in [9.17, 15) is 0 Å². The standard InChI is InChI=1S/C56H91NO2/c1-3-12-40-34-42(22-20-36(40)10-1)38-24-28-44(29-25-38)57(45-30-26-39(27-31-45)43-23-21-37-11-2-4-13-41(37)35-43)51-18-7-5-14-46(51)47-16-9-17-48-49-32-33-53-54(56(49)59-55(47)48)50-15-6-8-19-52(50)58-53/h36-56H,1-35H2. The van der Waals surface area contributed by atoms with Crippen LogP contribution in [0.4, 0.5) is 0 Å². The topological polar surface area (TPSA) is 21.7 Å². The minimum atomic E-state index is 0.515. The highest BCUT2D eigenvalue weighted by Gasteiger charge is 2.61. The molecule has 59 heavy (non-hydrogen) atoms. The second kappa shape index (κ2) is 17.7. The highest BCUT2D eigenvalue weighted by molar-refractivity contribution is 5.09. The van der Waals surface area contributed by atoms with Crippen molar-refractivity contribution in [1.82, 2.24) is 4.90 Å². The van der Waals surface area contributed by atoms with Crippen LogP contribution in [0.5, 0.6) is 0 Å². The fourth-order valence-electron chi connectivity index (χ4n) is 20.3. The molecule has 17 atom stereocenters. The summed E-state index contributed by atoms with van der Waals surface area (Å²) in [6.45, 7) is 0. The highest BCUT2D eigenvalue weighted by atomic mass is 16.5. The first-order valence-electron chi connectivity index (χ1n) is 28.3. The van der Waals surface area contributed by atoms with E-state index in [4.69, 9.17) is 9.47 Å². The van der Waals surface area contributed by atoms with Gasteiger partial charge in [0, 0.05) is 24.0 Å². The van der Waals surface area contributed by atoms with Gasteiger partial charge in [0.1, 0.15) is 0 Å². The van der Waals surface area contributed by atoms with Crippen LogP contribution in [0.2, 0.25) is 0 Å². The number of nitrogens with zero attached hydrogens (tertiary/aromatic N) is 1. The summed E-state index contributed by atoms with van der Waals surface area (Å²) in [7, 11) is 0. The van der Waals surface area contributed by atoms with Crippen LogP contribution in [0.15, 0.2) is 0 Å². The molecule has 2 saturated heterocycles. The Morgan fingerprint density at radius 2 is 0.712 bits per heavy atom. The number of hydrogen-bond acceptors (Lipinski definition) is 3. The molecule has 0 N–H and O–H groups in total. The largest absolute Gasteiger partial charge is 0.374 e. The van der Waals surface area contributed by atoms with Crippen molar-refractivity contribution in [3.05, 3.63) is 0 Å². The van der Waals surface area contributed by atoms with Crippen LogP contribution in [0.1, 0.15) is 225 Å². The van der Waals surface area contributed by atoms with Crippen LogP contribution in [0.25, 0.3) is 0 Å². The third kappa shape index (κ3) is 7.73. The average molecular weight is 810 g/mol. The smallest absolute Gasteiger partial charge is 0.0667 e. The summed E-state index contributed by atoms with van der Waals surface area (Å²) in [5, 5.41) is 0. The second-order valence-electron chi connectivity index (χ2n) is 25.2. The average Bonchev–Trinajstić information content (AvgIpc) is 3.88. The molecule has 2 heterocycles. The summed E-state index contributed by atoms with van der Waals surface area (Å²) in [6, 6.07) is 2.57. The number of ether oxygens (including phenoxy) is 2. The van der Waals surface area contributed by atoms with E-state index in [2.05, 4.69) is 4.90 Å². The van der Waals surface area contributed by atoms with Gasteiger partial charge >= 0.3 is 0 Å². The fraction of sp³-hybridized carbons (Fsp3) is 1.00. The zero-order valence-electron chi connectivity index (χ0n) is 38.1. The van der Waals surface area contributed by atoms with Gasteiger partial charge in [-0.25, -0.2) is 0 Å². The minimum absolute atomic E-state index is 0.515. The van der Waals surface area contributed by atoms with Crippen LogP contribution >= 0.6 is 0 Å². The van der Waals surface area contributed by atoms with E-state index in [0.717, 1.165) is 101 Å². The predicted molar refractivity (Wildman–Crippen MR) is 241 cm³/mol. The van der Waals surface area contributed by atoms with Crippen molar-refractivity contribution < 1.29 is 9.47 Å². The lowest BCUT2D eigenvalue weighted by molar-refractivity contribution is -0.102. The number of fused-ring (bicyclic) bond motifs is 9. The summed E-state index contributed by atoms with van der Waals surface area (Å²) in [5.74, 6) is 13.5. The highest BCUT2D eigenvalue weighted by Crippen LogP contribution is 2.59. The first-order valence-corrected chi connectivity index (χ1v) is 28.3. The predicted octanol–water partition coefficient (Wildman–Crippen LogP) is 14.3. The Bertz CT molecular complexity index is 1330. The van der Waals surface area contributed by atoms with Crippen molar-refractivity contribution in [1.29, 1.82) is 0 Å². The second-order valence-corrected chi connectivity index (χ2v) is 25.2. The van der Waals surface area contributed by atoms with E-state index in [-0.39, 0.29) is 0 Å². The van der Waals surface area contributed by atoms with Crippen LogP contribution < -0.4 is 0 Å². The van der Waals surface area contributed by atoms with Gasteiger partial charge in [-0.3, -0.25) is 4.90 Å². The molecule has 12 fully saturated rings. The monoisotopic (exact) mass is 810 g/mol. The maximum absolute atomic E-state index is 7.76. The Balaban J connectivity index is 0.774. The molecule has 0 bridgehead atoms. The van der Waals surface area contributed by atoms with Crippen LogP contribution in [0.3, 0.4) is 0 Å². The molecule has 0 aromatic carbocycles. The minimum Gasteiger partial charge on any atom is -0.374 e. The van der Waals surface area contributed by atoms with Crippen molar-refractivity contribution in [3.63, 3.8) is 0 Å². The Morgan fingerprint density at radius 1 is 0.271 bits per heavy atom. The van der Waals surface area contributed by atoms with Gasteiger partial charge in [0.25, 0.3) is 0 Å². The van der Waals surface area contributed by atoms with Crippen molar-refractivity contribution in [2.75, 3.05) is 0 Å². The maximum Gasteiger partial charge on any atom is 0.0667 e. The van der Waals surface area contributed by atoms with E-state index in [1.54, 1.807) is 89.9 Å². The summed E-state index contributed by atoms with van der Waals surface area (Å²) < 4.78 is 14.7. The van der Waals surface area contributed by atoms with Crippen LogP contribution in [-0.4, -0.2) is 47.4 Å². The van der Waals surface area contributed by atoms with Gasteiger partial charge in [-0.05, 0) is 218 Å². The van der Waals surface area contributed by atoms with Gasteiger partial charge in [0.15, 0.2) is 0 Å². The lowest BCUT2D eigenvalue weighted by atomic mass is 9.61. The zero-order chi connectivity index (χ0) is 38.9. The zero-order valence-corrected chi connectivity index (χ0v) is 38.1. The maximum atomic E-state index is 7.76. The Labute approximate surface area is 363 Å². The lowest BCUT2D eigenvalue weighted by Crippen LogP contribution is -2.57. The molecule has 10 saturated carbocycles. The van der Waals surface area contributed by atoms with Crippen molar-refractivity contribution in [3.8, 4) is 0 Å². The Kier molecular flexibility index (Phi) is 12.1. The molecular formula is C56H91NO2. The van der Waals surface area contributed by atoms with Crippen LogP contribution in [-0.2, 0) is 9.47 Å². The molecule has 3 heteroatoms. The van der Waals surface area contributed by atoms with E-state index < -0.39 is 0 Å². The van der Waals surface area contributed by atoms with Gasteiger partial charge in [0.05, 0.1) is 24.4 Å². The quantitative estimate of drug-likeness (QED) is 0.267. The fourth-order valence-corrected chi connectivity index (χ4v) is 20.3. The van der Waals surface area contributed by atoms with E-state index in [1.165, 1.54) is 135 Å². The summed E-state index contributed by atoms with van der Waals surface area (Å²) >= 11 is 0. The van der Waals surface area contributed by atoms with E-state index in [0.29, 0.717) is 24.4 Å². The van der Waals surface area contributed by atoms with Gasteiger partial charge in [-0.2, -0.15) is 0 Å². The van der Waals surface area contributed by atoms with Crippen LogP contribution in [0, 0.1) is 82.9 Å². The molecule has 12 aliphatic rings. The molecule has 0 amide bonds. The third-order valence-electron chi connectivity index (χ3n) is 22.9. The molecule has 2 aliphatic heterocycles. The Morgan fingerprint density at radius 3 is 1.36 bits per heavy atom. The van der Waals surface area contributed by atoms with Gasteiger partial charge < -0.3 is 9.47 Å². The molecule has 332 valence electrons. The molecular weight excluding hydrogens is 719 g/mol. The molecule has 12 rings (SSSR count). The number of hydrogen-bond donors (Lipinski definition) is 0. The summed E-state index contributed by atoms with van der Waals surface area (Å²) in [5.41, 5.74) is 0. The number of rotatable bonds is 6. The molecule has 0 spiro atoms. The lowest BCUT2D eigenvalue weighted by Gasteiger charge is -2.54. The molecule has 17 unspecified atom stereocenters. The first kappa shape index (κ1) is 40.4. The molecule has 0 radical (unpaired) electrons. The van der Waals surface area contributed by atoms with Crippen molar-refractivity contribution in [2.24, 2.45) is 82.9 Å². The van der Waals surface area contributed by atoms with Gasteiger partial charge in [-0.1, -0.05) is 83.5 Å². The van der Waals surface area contributed by atoms with Crippen molar-refractivity contribution >= 4 is 0 Å². The molecule has 0 aromatic rings. The summed E-state index contributed by atoms with van der Waals surface area (Å²) in [4.78, 5) is 3.45. The SMILES string of the molecule is C1CCC2CC(C3CCC(N(C4CCC(C5CCC6CCCCC6C5)CC4)C4CCCCC4C4CCCC5C6CCC7OC8CCCCC8C7C6OC54)CC3)CCC2C1. The Hall–Kier alpha value is -0.120. The molecule has 0 aromatic heterocycles. The van der Waals surface area contributed by atoms with Gasteiger partial charge in [-0.15, -0.1) is 0 Å². The van der Waals surface area contributed by atoms with Crippen molar-refractivity contribution in [2.45, 2.75) is 267 Å². The van der Waals surface area contributed by atoms with Gasteiger partial charge in [0.2, 0.25) is 0 Å². The summed E-state index contributed by atoms with van der Waals surface area (Å²) in [6.07, 6.45) is 55.3. The third-order valence-corrected chi connectivity index (χ3v) is 22.9. The molecule has 3 nitrogen and oxygen atoms in total. The first-order chi connectivity index (χ1) is 29.2. The molecule has 10 aliphatic carbocycles. The van der Waals surface area contributed by atoms with E-state index in [1.807, 2.05) is 0 Å².